The molecular weight excluding hydrogens is 318 g/mol. The molecule has 0 aliphatic carbocycles. The molecule has 0 atom stereocenters. The summed E-state index contributed by atoms with van der Waals surface area (Å²) in [6.07, 6.45) is 2.96. The lowest BCUT2D eigenvalue weighted by molar-refractivity contribution is 0.0639. The standard InChI is InChI=1S/C19H35N3O3/c1-5-8-21-9-6-16(7-10-21)15-25-18(23)20-17(19(2,3)4)22-11-13-24-14-12-22/h16H,5-15H2,1-4H3. The number of piperidine rings is 1. The molecule has 2 aliphatic heterocycles. The van der Waals surface area contributed by atoms with Crippen molar-refractivity contribution in [1.82, 2.24) is 9.80 Å². The van der Waals surface area contributed by atoms with E-state index in [-0.39, 0.29) is 5.41 Å². The van der Waals surface area contributed by atoms with Gasteiger partial charge in [-0.25, -0.2) is 4.79 Å². The van der Waals surface area contributed by atoms with E-state index in [1.807, 2.05) is 0 Å². The molecule has 2 heterocycles. The Labute approximate surface area is 152 Å². The number of hydrogen-bond donors (Lipinski definition) is 0. The molecule has 0 radical (unpaired) electrons. The van der Waals surface area contributed by atoms with Gasteiger partial charge in [-0.15, -0.1) is 0 Å². The van der Waals surface area contributed by atoms with Crippen molar-refractivity contribution in [2.45, 2.75) is 47.0 Å². The van der Waals surface area contributed by atoms with E-state index in [4.69, 9.17) is 9.47 Å². The van der Waals surface area contributed by atoms with E-state index in [1.54, 1.807) is 0 Å². The Balaban J connectivity index is 1.84. The Kier molecular flexibility index (Phi) is 7.69. The van der Waals surface area contributed by atoms with Gasteiger partial charge < -0.3 is 19.3 Å². The van der Waals surface area contributed by atoms with Crippen LogP contribution in [0.1, 0.15) is 47.0 Å². The summed E-state index contributed by atoms with van der Waals surface area (Å²) in [4.78, 5) is 21.2. The third kappa shape index (κ3) is 6.59. The van der Waals surface area contributed by atoms with Gasteiger partial charge in [-0.2, -0.15) is 4.99 Å². The number of aliphatic imine (C=N–C) groups is 1. The zero-order chi connectivity index (χ0) is 18.3. The zero-order valence-corrected chi connectivity index (χ0v) is 16.4. The predicted octanol–water partition coefficient (Wildman–Crippen LogP) is 3.02. The van der Waals surface area contributed by atoms with Crippen molar-refractivity contribution < 1.29 is 14.3 Å². The van der Waals surface area contributed by atoms with E-state index in [1.165, 1.54) is 13.0 Å². The van der Waals surface area contributed by atoms with Crippen molar-refractivity contribution in [2.24, 2.45) is 16.3 Å². The molecule has 2 fully saturated rings. The maximum atomic E-state index is 12.3. The lowest BCUT2D eigenvalue weighted by Gasteiger charge is -2.35. The molecular formula is C19H35N3O3. The average molecular weight is 354 g/mol. The quantitative estimate of drug-likeness (QED) is 0.574. The van der Waals surface area contributed by atoms with Gasteiger partial charge in [-0.3, -0.25) is 0 Å². The van der Waals surface area contributed by atoms with Crippen LogP contribution in [0.2, 0.25) is 0 Å². The Morgan fingerprint density at radius 1 is 1.16 bits per heavy atom. The van der Waals surface area contributed by atoms with Gasteiger partial charge in [-0.05, 0) is 44.8 Å². The van der Waals surface area contributed by atoms with Crippen LogP contribution in [-0.2, 0) is 9.47 Å². The fourth-order valence-electron chi connectivity index (χ4n) is 3.49. The second-order valence-corrected chi connectivity index (χ2v) is 8.15. The van der Waals surface area contributed by atoms with Crippen molar-refractivity contribution in [3.63, 3.8) is 0 Å². The molecule has 6 nitrogen and oxygen atoms in total. The minimum Gasteiger partial charge on any atom is -0.448 e. The number of carbonyl (C=O) groups is 1. The number of amidine groups is 1. The highest BCUT2D eigenvalue weighted by molar-refractivity contribution is 5.95. The number of carbonyl (C=O) groups excluding carboxylic acids is 1. The number of nitrogens with zero attached hydrogens (tertiary/aromatic N) is 3. The summed E-state index contributed by atoms with van der Waals surface area (Å²) in [7, 11) is 0. The van der Waals surface area contributed by atoms with Gasteiger partial charge in [0.15, 0.2) is 0 Å². The normalized spacial score (nSPS) is 21.4. The second kappa shape index (κ2) is 9.53. The highest BCUT2D eigenvalue weighted by Gasteiger charge is 2.28. The highest BCUT2D eigenvalue weighted by atomic mass is 16.5. The van der Waals surface area contributed by atoms with Crippen LogP contribution in [0.15, 0.2) is 4.99 Å². The number of rotatable bonds is 4. The van der Waals surface area contributed by atoms with Gasteiger partial charge in [0, 0.05) is 18.5 Å². The third-order valence-electron chi connectivity index (χ3n) is 4.87. The molecule has 0 N–H and O–H groups in total. The molecule has 0 spiro atoms. The molecule has 2 aliphatic rings. The minimum absolute atomic E-state index is 0.193. The fourth-order valence-corrected chi connectivity index (χ4v) is 3.49. The van der Waals surface area contributed by atoms with Crippen molar-refractivity contribution in [1.29, 1.82) is 0 Å². The SMILES string of the molecule is CCCN1CCC(COC(=O)N=C(N2CCOCC2)C(C)(C)C)CC1. The van der Waals surface area contributed by atoms with Crippen molar-refractivity contribution in [2.75, 3.05) is 52.5 Å². The minimum atomic E-state index is -0.451. The largest absolute Gasteiger partial charge is 0.448 e. The number of hydrogen-bond acceptors (Lipinski definition) is 4. The van der Waals surface area contributed by atoms with E-state index < -0.39 is 6.09 Å². The first-order valence-electron chi connectivity index (χ1n) is 9.71. The van der Waals surface area contributed by atoms with Crippen LogP contribution in [0.3, 0.4) is 0 Å². The van der Waals surface area contributed by atoms with Gasteiger partial charge in [0.25, 0.3) is 0 Å². The maximum Gasteiger partial charge on any atom is 0.435 e. The maximum absolute atomic E-state index is 12.3. The Morgan fingerprint density at radius 3 is 2.36 bits per heavy atom. The molecule has 2 saturated heterocycles. The summed E-state index contributed by atoms with van der Waals surface area (Å²) >= 11 is 0. The molecule has 1 amide bonds. The smallest absolute Gasteiger partial charge is 0.435 e. The molecule has 0 aromatic rings. The molecule has 0 bridgehead atoms. The Hall–Kier alpha value is -1.14. The van der Waals surface area contributed by atoms with Crippen LogP contribution in [0.25, 0.3) is 0 Å². The summed E-state index contributed by atoms with van der Waals surface area (Å²) < 4.78 is 10.9. The first-order chi connectivity index (χ1) is 11.9. The highest BCUT2D eigenvalue weighted by Crippen LogP contribution is 2.21. The summed E-state index contributed by atoms with van der Waals surface area (Å²) in [5.74, 6) is 1.27. The van der Waals surface area contributed by atoms with Gasteiger partial charge in [0.05, 0.1) is 19.8 Å². The molecule has 144 valence electrons. The van der Waals surface area contributed by atoms with Crippen LogP contribution >= 0.6 is 0 Å². The molecule has 0 aromatic carbocycles. The summed E-state index contributed by atoms with van der Waals surface area (Å²) in [5, 5.41) is 0. The zero-order valence-electron chi connectivity index (χ0n) is 16.4. The lowest BCUT2D eigenvalue weighted by atomic mass is 9.93. The van der Waals surface area contributed by atoms with E-state index in [9.17, 15) is 4.79 Å². The van der Waals surface area contributed by atoms with Gasteiger partial charge in [-0.1, -0.05) is 27.7 Å². The monoisotopic (exact) mass is 353 g/mol. The first kappa shape index (κ1) is 20.2. The van der Waals surface area contributed by atoms with Crippen molar-refractivity contribution >= 4 is 11.9 Å². The summed E-state index contributed by atoms with van der Waals surface area (Å²) in [6.45, 7) is 15.3. The van der Waals surface area contributed by atoms with E-state index >= 15 is 0 Å². The third-order valence-corrected chi connectivity index (χ3v) is 4.87. The first-order valence-corrected chi connectivity index (χ1v) is 9.71. The van der Waals surface area contributed by atoms with E-state index in [0.29, 0.717) is 25.7 Å². The molecule has 25 heavy (non-hydrogen) atoms. The van der Waals surface area contributed by atoms with Gasteiger partial charge >= 0.3 is 6.09 Å². The van der Waals surface area contributed by atoms with Gasteiger partial charge in [0.2, 0.25) is 0 Å². The number of ether oxygens (including phenoxy) is 2. The van der Waals surface area contributed by atoms with Crippen molar-refractivity contribution in [3.8, 4) is 0 Å². The summed E-state index contributed by atoms with van der Waals surface area (Å²) in [6, 6.07) is 0. The molecule has 0 unspecified atom stereocenters. The van der Waals surface area contributed by atoms with Gasteiger partial charge in [0.1, 0.15) is 5.84 Å². The van der Waals surface area contributed by atoms with Crippen LogP contribution in [0.5, 0.6) is 0 Å². The Bertz CT molecular complexity index is 445. The number of amides is 1. The van der Waals surface area contributed by atoms with Crippen LogP contribution in [0.4, 0.5) is 4.79 Å². The summed E-state index contributed by atoms with van der Waals surface area (Å²) in [5.41, 5.74) is -0.193. The van der Waals surface area contributed by atoms with E-state index in [0.717, 1.165) is 44.9 Å². The van der Waals surface area contributed by atoms with E-state index in [2.05, 4.69) is 42.5 Å². The fraction of sp³-hybridized carbons (Fsp3) is 0.895. The van der Waals surface area contributed by atoms with Crippen molar-refractivity contribution in [3.05, 3.63) is 0 Å². The molecule has 0 saturated carbocycles. The molecule has 2 rings (SSSR count). The molecule has 6 heteroatoms. The topological polar surface area (TPSA) is 54.4 Å². The Morgan fingerprint density at radius 2 is 1.80 bits per heavy atom. The van der Waals surface area contributed by atoms with Crippen LogP contribution in [0, 0.1) is 11.3 Å². The van der Waals surface area contributed by atoms with Crippen LogP contribution < -0.4 is 0 Å². The molecule has 0 aromatic heterocycles. The van der Waals surface area contributed by atoms with Crippen LogP contribution in [-0.4, -0.2) is 74.3 Å². The lowest BCUT2D eigenvalue weighted by Crippen LogP contribution is -2.46. The predicted molar refractivity (Wildman–Crippen MR) is 100 cm³/mol. The number of morpholine rings is 1. The average Bonchev–Trinajstić information content (AvgIpc) is 2.59. The number of likely N-dealkylation sites (tertiary alicyclic amines) is 1. The second-order valence-electron chi connectivity index (χ2n) is 8.15.